The molecular formula is C20H18FNO4S. The predicted octanol–water partition coefficient (Wildman–Crippen LogP) is 3.15. The minimum atomic E-state index is -3.99. The van der Waals surface area contributed by atoms with Gasteiger partial charge in [0, 0.05) is 5.92 Å². The SMILES string of the molecule is CCOC(=O)[C@]1(C#N)[C@@H](c2ccc(F)cc2)[C@@H]1S(=O)(=O)c1ccc(C)cc1. The lowest BCUT2D eigenvalue weighted by atomic mass is 10.0. The van der Waals surface area contributed by atoms with E-state index in [0.29, 0.717) is 5.56 Å². The van der Waals surface area contributed by atoms with E-state index < -0.39 is 38.2 Å². The van der Waals surface area contributed by atoms with Crippen LogP contribution in [0.3, 0.4) is 0 Å². The van der Waals surface area contributed by atoms with Gasteiger partial charge in [0.15, 0.2) is 15.3 Å². The monoisotopic (exact) mass is 387 g/mol. The summed E-state index contributed by atoms with van der Waals surface area (Å²) in [5, 5.41) is 8.49. The van der Waals surface area contributed by atoms with E-state index in [-0.39, 0.29) is 11.5 Å². The lowest BCUT2D eigenvalue weighted by molar-refractivity contribution is -0.147. The maximum atomic E-state index is 13.3. The zero-order valence-corrected chi connectivity index (χ0v) is 15.7. The Morgan fingerprint density at radius 3 is 2.30 bits per heavy atom. The van der Waals surface area contributed by atoms with Crippen LogP contribution in [0.5, 0.6) is 0 Å². The van der Waals surface area contributed by atoms with Crippen molar-refractivity contribution >= 4 is 15.8 Å². The molecule has 7 heteroatoms. The molecule has 0 unspecified atom stereocenters. The van der Waals surface area contributed by atoms with Gasteiger partial charge in [0.05, 0.1) is 17.6 Å². The number of ether oxygens (including phenoxy) is 1. The van der Waals surface area contributed by atoms with Crippen LogP contribution in [0.2, 0.25) is 0 Å². The normalized spacial score (nSPS) is 24.1. The number of hydrogen-bond donors (Lipinski definition) is 0. The lowest BCUT2D eigenvalue weighted by Crippen LogP contribution is -2.25. The molecule has 2 aromatic rings. The highest BCUT2D eigenvalue weighted by molar-refractivity contribution is 7.92. The quantitative estimate of drug-likeness (QED) is 0.736. The summed E-state index contributed by atoms with van der Waals surface area (Å²) in [7, 11) is -3.99. The fourth-order valence-corrected chi connectivity index (χ4v) is 5.68. The molecule has 0 heterocycles. The molecule has 1 aliphatic rings. The molecular weight excluding hydrogens is 369 g/mol. The van der Waals surface area contributed by atoms with Gasteiger partial charge < -0.3 is 4.74 Å². The van der Waals surface area contributed by atoms with Gasteiger partial charge in [-0.2, -0.15) is 5.26 Å². The fraction of sp³-hybridized carbons (Fsp3) is 0.300. The first-order valence-electron chi connectivity index (χ1n) is 8.43. The summed E-state index contributed by atoms with van der Waals surface area (Å²) < 4.78 is 44.7. The van der Waals surface area contributed by atoms with E-state index in [4.69, 9.17) is 4.74 Å². The molecule has 0 spiro atoms. The standard InChI is InChI=1S/C20H18FNO4S/c1-3-26-19(23)20(12-22)17(14-6-8-15(21)9-7-14)18(20)27(24,25)16-10-4-13(2)5-11-16/h4-11,17-18H,3H2,1-2H3/t17-,18-,20+/m0/s1. The van der Waals surface area contributed by atoms with Gasteiger partial charge in [0.1, 0.15) is 11.1 Å². The smallest absolute Gasteiger partial charge is 0.328 e. The summed E-state index contributed by atoms with van der Waals surface area (Å²) in [6, 6.07) is 13.3. The Labute approximate surface area is 157 Å². The Bertz CT molecular complexity index is 1010. The number of hydrogen-bond acceptors (Lipinski definition) is 5. The Morgan fingerprint density at radius 2 is 1.78 bits per heavy atom. The third-order valence-corrected chi connectivity index (χ3v) is 7.09. The van der Waals surface area contributed by atoms with Crippen molar-refractivity contribution in [1.82, 2.24) is 0 Å². The van der Waals surface area contributed by atoms with Crippen molar-refractivity contribution in [3.8, 4) is 6.07 Å². The van der Waals surface area contributed by atoms with Crippen molar-refractivity contribution in [2.75, 3.05) is 6.61 Å². The molecule has 0 radical (unpaired) electrons. The Kier molecular flexibility index (Phi) is 4.79. The molecule has 2 aromatic carbocycles. The number of aryl methyl sites for hydroxylation is 1. The molecule has 3 atom stereocenters. The first kappa shape index (κ1) is 19.1. The second-order valence-corrected chi connectivity index (χ2v) is 8.58. The second-order valence-electron chi connectivity index (χ2n) is 6.51. The third kappa shape index (κ3) is 3.00. The van der Waals surface area contributed by atoms with Gasteiger partial charge in [-0.25, -0.2) is 12.8 Å². The zero-order valence-electron chi connectivity index (χ0n) is 14.8. The molecule has 0 aliphatic heterocycles. The van der Waals surface area contributed by atoms with Crippen LogP contribution in [0.25, 0.3) is 0 Å². The first-order chi connectivity index (χ1) is 12.8. The van der Waals surface area contributed by atoms with E-state index >= 15 is 0 Å². The van der Waals surface area contributed by atoms with Crippen molar-refractivity contribution in [1.29, 1.82) is 5.26 Å². The number of sulfone groups is 1. The molecule has 0 bridgehead atoms. The van der Waals surface area contributed by atoms with E-state index in [1.807, 2.05) is 13.0 Å². The van der Waals surface area contributed by atoms with Gasteiger partial charge in [-0.05, 0) is 43.7 Å². The number of benzene rings is 2. The molecule has 140 valence electrons. The summed E-state index contributed by atoms with van der Waals surface area (Å²) in [5.74, 6) is -2.29. The summed E-state index contributed by atoms with van der Waals surface area (Å²) in [5.41, 5.74) is -0.555. The summed E-state index contributed by atoms with van der Waals surface area (Å²) >= 11 is 0. The van der Waals surface area contributed by atoms with Crippen LogP contribution in [0.1, 0.15) is 24.0 Å². The lowest BCUT2D eigenvalue weighted by Gasteiger charge is -2.09. The van der Waals surface area contributed by atoms with Gasteiger partial charge in [-0.1, -0.05) is 29.8 Å². The first-order valence-corrected chi connectivity index (χ1v) is 9.98. The fourth-order valence-electron chi connectivity index (χ4n) is 3.43. The van der Waals surface area contributed by atoms with E-state index in [0.717, 1.165) is 5.56 Å². The third-order valence-electron chi connectivity index (χ3n) is 4.84. The molecule has 1 fully saturated rings. The summed E-state index contributed by atoms with van der Waals surface area (Å²) in [6.07, 6.45) is 0. The molecule has 27 heavy (non-hydrogen) atoms. The van der Waals surface area contributed by atoms with Crippen LogP contribution in [0.4, 0.5) is 4.39 Å². The van der Waals surface area contributed by atoms with Crippen molar-refractivity contribution in [2.45, 2.75) is 29.9 Å². The maximum Gasteiger partial charge on any atom is 0.328 e. The molecule has 3 rings (SSSR count). The Balaban J connectivity index is 2.12. The van der Waals surface area contributed by atoms with Crippen LogP contribution in [0.15, 0.2) is 53.4 Å². The molecule has 0 saturated heterocycles. The minimum absolute atomic E-state index is 0.0235. The van der Waals surface area contributed by atoms with Crippen molar-refractivity contribution in [3.63, 3.8) is 0 Å². The van der Waals surface area contributed by atoms with Crippen LogP contribution in [0, 0.1) is 29.5 Å². The largest absolute Gasteiger partial charge is 0.465 e. The van der Waals surface area contributed by atoms with Gasteiger partial charge in [-0.15, -0.1) is 0 Å². The van der Waals surface area contributed by atoms with Gasteiger partial charge in [0.25, 0.3) is 0 Å². The topological polar surface area (TPSA) is 84.2 Å². The Hall–Kier alpha value is -2.72. The minimum Gasteiger partial charge on any atom is -0.465 e. The van der Waals surface area contributed by atoms with Crippen LogP contribution in [-0.4, -0.2) is 26.2 Å². The van der Waals surface area contributed by atoms with Crippen LogP contribution >= 0.6 is 0 Å². The second kappa shape index (κ2) is 6.78. The number of halogens is 1. The molecule has 1 saturated carbocycles. The van der Waals surface area contributed by atoms with Crippen molar-refractivity contribution in [2.24, 2.45) is 5.41 Å². The number of carbonyl (C=O) groups excluding carboxylic acids is 1. The molecule has 0 N–H and O–H groups in total. The molecule has 0 aromatic heterocycles. The van der Waals surface area contributed by atoms with Gasteiger partial charge >= 0.3 is 5.97 Å². The number of rotatable bonds is 5. The number of carbonyl (C=O) groups is 1. The maximum absolute atomic E-state index is 13.3. The van der Waals surface area contributed by atoms with Gasteiger partial charge in [-0.3, -0.25) is 4.79 Å². The summed E-state index contributed by atoms with van der Waals surface area (Å²) in [4.78, 5) is 12.6. The van der Waals surface area contributed by atoms with E-state index in [1.165, 1.54) is 36.4 Å². The average Bonchev–Trinajstić information content (AvgIpc) is 3.34. The number of nitrogens with zero attached hydrogens (tertiary/aromatic N) is 1. The molecule has 5 nitrogen and oxygen atoms in total. The summed E-state index contributed by atoms with van der Waals surface area (Å²) in [6.45, 7) is 3.43. The Morgan fingerprint density at radius 1 is 1.19 bits per heavy atom. The number of nitriles is 1. The average molecular weight is 387 g/mol. The molecule has 1 aliphatic carbocycles. The van der Waals surface area contributed by atoms with E-state index in [9.17, 15) is 22.9 Å². The van der Waals surface area contributed by atoms with E-state index in [1.54, 1.807) is 19.1 Å². The van der Waals surface area contributed by atoms with Crippen molar-refractivity contribution < 1.29 is 22.3 Å². The predicted molar refractivity (Wildman–Crippen MR) is 96.0 cm³/mol. The van der Waals surface area contributed by atoms with Crippen LogP contribution in [-0.2, 0) is 19.4 Å². The molecule has 0 amide bonds. The zero-order chi connectivity index (χ0) is 19.8. The highest BCUT2D eigenvalue weighted by atomic mass is 32.2. The highest BCUT2D eigenvalue weighted by Gasteiger charge is 2.77. The van der Waals surface area contributed by atoms with Gasteiger partial charge in [0.2, 0.25) is 0 Å². The van der Waals surface area contributed by atoms with E-state index in [2.05, 4.69) is 0 Å². The highest BCUT2D eigenvalue weighted by Crippen LogP contribution is 2.64. The van der Waals surface area contributed by atoms with Crippen LogP contribution < -0.4 is 0 Å². The van der Waals surface area contributed by atoms with Crippen molar-refractivity contribution in [3.05, 3.63) is 65.5 Å². The number of esters is 1.